The summed E-state index contributed by atoms with van der Waals surface area (Å²) >= 11 is 6.02. The predicted octanol–water partition coefficient (Wildman–Crippen LogP) is 3.70. The Kier molecular flexibility index (Phi) is 4.31. The highest BCUT2D eigenvalue weighted by molar-refractivity contribution is 6.31. The third kappa shape index (κ3) is 3.93. The highest BCUT2D eigenvalue weighted by Gasteiger charge is 1.98. The minimum absolute atomic E-state index is 0.192. The standard InChI is InChI=1S/C15H13ClN2O/c1-11-2-3-12(10-14(11)16)4-5-15(19)18-13-6-8-17-9-7-13/h2-10H,1H3,(H,17,18,19)/b5-4+. The smallest absolute Gasteiger partial charge is 0.248 e. The molecule has 0 aliphatic heterocycles. The monoisotopic (exact) mass is 272 g/mol. The summed E-state index contributed by atoms with van der Waals surface area (Å²) < 4.78 is 0. The molecule has 19 heavy (non-hydrogen) atoms. The van der Waals surface area contributed by atoms with Crippen LogP contribution in [0.25, 0.3) is 6.08 Å². The van der Waals surface area contributed by atoms with Crippen LogP contribution in [0.3, 0.4) is 0 Å². The fourth-order valence-corrected chi connectivity index (χ4v) is 1.69. The number of nitrogens with one attached hydrogen (secondary N) is 1. The molecule has 0 atom stereocenters. The highest BCUT2D eigenvalue weighted by Crippen LogP contribution is 2.17. The van der Waals surface area contributed by atoms with E-state index in [4.69, 9.17) is 11.6 Å². The van der Waals surface area contributed by atoms with E-state index in [2.05, 4.69) is 10.3 Å². The Morgan fingerprint density at radius 2 is 2.00 bits per heavy atom. The van der Waals surface area contributed by atoms with Gasteiger partial charge in [-0.1, -0.05) is 23.7 Å². The Morgan fingerprint density at radius 1 is 1.26 bits per heavy atom. The second-order valence-corrected chi connectivity index (χ2v) is 4.47. The number of aromatic nitrogens is 1. The Balaban J connectivity index is 2.02. The lowest BCUT2D eigenvalue weighted by Gasteiger charge is -2.01. The first-order valence-electron chi connectivity index (χ1n) is 5.80. The molecule has 2 rings (SSSR count). The largest absolute Gasteiger partial charge is 0.322 e. The molecule has 1 heterocycles. The Labute approximate surface area is 116 Å². The molecule has 1 aromatic carbocycles. The lowest BCUT2D eigenvalue weighted by Crippen LogP contribution is -2.07. The van der Waals surface area contributed by atoms with Gasteiger partial charge in [0.25, 0.3) is 0 Å². The summed E-state index contributed by atoms with van der Waals surface area (Å²) in [6, 6.07) is 9.12. The fraction of sp³-hybridized carbons (Fsp3) is 0.0667. The summed E-state index contributed by atoms with van der Waals surface area (Å²) in [6.45, 7) is 1.94. The minimum Gasteiger partial charge on any atom is -0.322 e. The van der Waals surface area contributed by atoms with Crippen LogP contribution in [0.2, 0.25) is 5.02 Å². The summed E-state index contributed by atoms with van der Waals surface area (Å²) in [6.07, 6.45) is 6.45. The predicted molar refractivity (Wildman–Crippen MR) is 78.1 cm³/mol. The Morgan fingerprint density at radius 3 is 2.68 bits per heavy atom. The molecule has 0 saturated carbocycles. The van der Waals surface area contributed by atoms with Crippen molar-refractivity contribution in [2.24, 2.45) is 0 Å². The van der Waals surface area contributed by atoms with Crippen molar-refractivity contribution in [2.45, 2.75) is 6.92 Å². The lowest BCUT2D eigenvalue weighted by molar-refractivity contribution is -0.111. The summed E-state index contributed by atoms with van der Waals surface area (Å²) in [5, 5.41) is 3.43. The molecule has 0 aliphatic carbocycles. The van der Waals surface area contributed by atoms with E-state index in [1.807, 2.05) is 25.1 Å². The molecule has 4 heteroatoms. The van der Waals surface area contributed by atoms with Gasteiger partial charge in [0.1, 0.15) is 0 Å². The molecule has 2 aromatic rings. The Hall–Kier alpha value is -2.13. The Bertz CT molecular complexity index is 609. The maximum absolute atomic E-state index is 11.7. The molecule has 0 radical (unpaired) electrons. The fourth-order valence-electron chi connectivity index (χ4n) is 1.50. The van der Waals surface area contributed by atoms with Gasteiger partial charge in [0.05, 0.1) is 0 Å². The summed E-state index contributed by atoms with van der Waals surface area (Å²) in [5.74, 6) is -0.192. The van der Waals surface area contributed by atoms with Crippen LogP contribution in [0.15, 0.2) is 48.8 Å². The SMILES string of the molecule is Cc1ccc(/C=C/C(=O)Nc2ccncc2)cc1Cl. The van der Waals surface area contributed by atoms with Gasteiger partial charge in [-0.15, -0.1) is 0 Å². The van der Waals surface area contributed by atoms with E-state index in [1.165, 1.54) is 6.08 Å². The molecule has 0 unspecified atom stereocenters. The second-order valence-electron chi connectivity index (χ2n) is 4.07. The maximum atomic E-state index is 11.7. The van der Waals surface area contributed by atoms with Crippen LogP contribution < -0.4 is 5.32 Å². The van der Waals surface area contributed by atoms with Crippen molar-refractivity contribution >= 4 is 29.3 Å². The van der Waals surface area contributed by atoms with Gasteiger partial charge in [0.15, 0.2) is 0 Å². The topological polar surface area (TPSA) is 42.0 Å². The molecule has 1 amide bonds. The molecule has 1 aromatic heterocycles. The first kappa shape index (κ1) is 13.3. The van der Waals surface area contributed by atoms with Crippen LogP contribution in [0.4, 0.5) is 5.69 Å². The molecule has 0 bridgehead atoms. The quantitative estimate of drug-likeness (QED) is 0.866. The number of carbonyl (C=O) groups excluding carboxylic acids is 1. The van der Waals surface area contributed by atoms with Crippen LogP contribution in [-0.2, 0) is 4.79 Å². The number of halogens is 1. The number of hydrogen-bond acceptors (Lipinski definition) is 2. The van der Waals surface area contributed by atoms with Crippen LogP contribution in [0.1, 0.15) is 11.1 Å². The van der Waals surface area contributed by atoms with Crippen LogP contribution in [0, 0.1) is 6.92 Å². The molecule has 96 valence electrons. The number of benzene rings is 1. The van der Waals surface area contributed by atoms with E-state index in [9.17, 15) is 4.79 Å². The molecule has 0 fully saturated rings. The third-order valence-corrected chi connectivity index (χ3v) is 2.98. The van der Waals surface area contributed by atoms with Crippen LogP contribution in [-0.4, -0.2) is 10.9 Å². The van der Waals surface area contributed by atoms with Crippen molar-refractivity contribution in [3.63, 3.8) is 0 Å². The number of carbonyl (C=O) groups is 1. The second kappa shape index (κ2) is 6.16. The summed E-state index contributed by atoms with van der Waals surface area (Å²) in [7, 11) is 0. The van der Waals surface area contributed by atoms with Gasteiger partial charge >= 0.3 is 0 Å². The third-order valence-electron chi connectivity index (χ3n) is 2.57. The maximum Gasteiger partial charge on any atom is 0.248 e. The van der Waals surface area contributed by atoms with E-state index in [-0.39, 0.29) is 5.91 Å². The first-order chi connectivity index (χ1) is 9.15. The minimum atomic E-state index is -0.192. The summed E-state index contributed by atoms with van der Waals surface area (Å²) in [4.78, 5) is 15.6. The normalized spacial score (nSPS) is 10.6. The highest BCUT2D eigenvalue weighted by atomic mass is 35.5. The van der Waals surface area contributed by atoms with Crippen LogP contribution in [0.5, 0.6) is 0 Å². The molecule has 3 nitrogen and oxygen atoms in total. The number of nitrogens with zero attached hydrogens (tertiary/aromatic N) is 1. The van der Waals surface area contributed by atoms with E-state index >= 15 is 0 Å². The zero-order valence-corrected chi connectivity index (χ0v) is 11.2. The van der Waals surface area contributed by atoms with E-state index in [0.29, 0.717) is 10.7 Å². The number of aryl methyl sites for hydroxylation is 1. The first-order valence-corrected chi connectivity index (χ1v) is 6.18. The van der Waals surface area contributed by atoms with E-state index in [1.54, 1.807) is 30.6 Å². The molecule has 0 saturated heterocycles. The van der Waals surface area contributed by atoms with Crippen molar-refractivity contribution in [3.05, 3.63) is 65.0 Å². The number of pyridine rings is 1. The van der Waals surface area contributed by atoms with Gasteiger partial charge in [-0.25, -0.2) is 0 Å². The van der Waals surface area contributed by atoms with Crippen molar-refractivity contribution in [1.82, 2.24) is 4.98 Å². The van der Waals surface area contributed by atoms with Crippen molar-refractivity contribution in [3.8, 4) is 0 Å². The summed E-state index contributed by atoms with van der Waals surface area (Å²) in [5.41, 5.74) is 2.62. The lowest BCUT2D eigenvalue weighted by atomic mass is 10.1. The molecule has 1 N–H and O–H groups in total. The van der Waals surface area contributed by atoms with E-state index in [0.717, 1.165) is 11.1 Å². The van der Waals surface area contributed by atoms with Crippen molar-refractivity contribution < 1.29 is 4.79 Å². The number of rotatable bonds is 3. The van der Waals surface area contributed by atoms with Crippen molar-refractivity contribution in [2.75, 3.05) is 5.32 Å². The molecular formula is C15H13ClN2O. The zero-order chi connectivity index (χ0) is 13.7. The van der Waals surface area contributed by atoms with Gasteiger partial charge in [0, 0.05) is 29.2 Å². The van der Waals surface area contributed by atoms with Gasteiger partial charge in [-0.3, -0.25) is 9.78 Å². The van der Waals surface area contributed by atoms with Gasteiger partial charge in [-0.2, -0.15) is 0 Å². The van der Waals surface area contributed by atoms with E-state index < -0.39 is 0 Å². The van der Waals surface area contributed by atoms with Crippen LogP contribution >= 0.6 is 11.6 Å². The molecular weight excluding hydrogens is 260 g/mol. The zero-order valence-electron chi connectivity index (χ0n) is 10.4. The molecule has 0 aliphatic rings. The average Bonchev–Trinajstić information content (AvgIpc) is 2.41. The van der Waals surface area contributed by atoms with Crippen molar-refractivity contribution in [1.29, 1.82) is 0 Å². The number of anilines is 1. The van der Waals surface area contributed by atoms with Gasteiger partial charge < -0.3 is 5.32 Å². The average molecular weight is 273 g/mol. The number of hydrogen-bond donors (Lipinski definition) is 1. The molecule has 0 spiro atoms. The van der Waals surface area contributed by atoms with Gasteiger partial charge in [-0.05, 0) is 42.3 Å². The number of amides is 1. The van der Waals surface area contributed by atoms with Gasteiger partial charge in [0.2, 0.25) is 5.91 Å².